The third kappa shape index (κ3) is 7.45. The molecule has 0 amide bonds. The lowest BCUT2D eigenvalue weighted by Crippen LogP contribution is -2.48. The molecule has 5 rings (SSSR count). The Labute approximate surface area is 231 Å². The number of aromatic nitrogens is 1. The predicted molar refractivity (Wildman–Crippen MR) is 155 cm³/mol. The number of hydrogen-bond acceptors (Lipinski definition) is 6. The molecule has 3 aromatic carbocycles. The second kappa shape index (κ2) is 13.9. The largest absolute Gasteiger partial charge is 0.493 e. The minimum atomic E-state index is 0.297. The normalized spacial score (nSPS) is 14.8. The van der Waals surface area contributed by atoms with E-state index in [-0.39, 0.29) is 0 Å². The van der Waals surface area contributed by atoms with Gasteiger partial charge >= 0.3 is 0 Å². The van der Waals surface area contributed by atoms with E-state index in [9.17, 15) is 0 Å². The fraction of sp³-hybridized carbons (Fsp3) is 0.303. The van der Waals surface area contributed by atoms with Crippen LogP contribution in [0.4, 0.5) is 0 Å². The molecular formula is C33H37N3O3. The Bertz CT molecular complexity index is 1260. The Kier molecular flexibility index (Phi) is 9.58. The third-order valence-electron chi connectivity index (χ3n) is 7.09. The van der Waals surface area contributed by atoms with Crippen LogP contribution >= 0.6 is 0 Å². The number of piperazine rings is 1. The van der Waals surface area contributed by atoms with Crippen LogP contribution in [0.3, 0.4) is 0 Å². The van der Waals surface area contributed by atoms with Crippen LogP contribution in [-0.4, -0.2) is 61.4 Å². The van der Waals surface area contributed by atoms with Gasteiger partial charge in [0.15, 0.2) is 5.76 Å². The average molecular weight is 524 g/mol. The average Bonchev–Trinajstić information content (AvgIpc) is 3.44. The van der Waals surface area contributed by atoms with Gasteiger partial charge in [0, 0.05) is 51.5 Å². The Morgan fingerprint density at radius 1 is 0.846 bits per heavy atom. The van der Waals surface area contributed by atoms with Gasteiger partial charge in [0.05, 0.1) is 19.3 Å². The number of ether oxygens (including phenoxy) is 2. The molecule has 6 heteroatoms. The molecule has 1 aliphatic rings. The van der Waals surface area contributed by atoms with Gasteiger partial charge in [-0.05, 0) is 35.8 Å². The van der Waals surface area contributed by atoms with Gasteiger partial charge in [-0.25, -0.2) is 0 Å². The van der Waals surface area contributed by atoms with E-state index < -0.39 is 0 Å². The summed E-state index contributed by atoms with van der Waals surface area (Å²) in [6.45, 7) is 6.39. The zero-order valence-electron chi connectivity index (χ0n) is 22.6. The Morgan fingerprint density at radius 2 is 1.51 bits per heavy atom. The van der Waals surface area contributed by atoms with Gasteiger partial charge in [-0.15, -0.1) is 0 Å². The molecule has 202 valence electrons. The second-order valence-corrected chi connectivity index (χ2v) is 9.83. The highest BCUT2D eigenvalue weighted by molar-refractivity contribution is 5.70. The summed E-state index contributed by atoms with van der Waals surface area (Å²) >= 11 is 0. The van der Waals surface area contributed by atoms with Gasteiger partial charge in [-0.3, -0.25) is 4.90 Å². The second-order valence-electron chi connectivity index (χ2n) is 9.83. The van der Waals surface area contributed by atoms with E-state index in [2.05, 4.69) is 75.6 Å². The van der Waals surface area contributed by atoms with E-state index >= 15 is 0 Å². The first-order valence-corrected chi connectivity index (χ1v) is 13.7. The van der Waals surface area contributed by atoms with E-state index in [0.29, 0.717) is 25.0 Å². The van der Waals surface area contributed by atoms with Gasteiger partial charge < -0.3 is 18.9 Å². The molecule has 39 heavy (non-hydrogen) atoms. The lowest BCUT2D eigenvalue weighted by atomic mass is 9.96. The summed E-state index contributed by atoms with van der Waals surface area (Å²) in [7, 11) is 1.64. The van der Waals surface area contributed by atoms with E-state index in [4.69, 9.17) is 14.0 Å². The topological polar surface area (TPSA) is 51.0 Å². The molecule has 0 N–H and O–H groups in total. The van der Waals surface area contributed by atoms with Crippen LogP contribution in [0.25, 0.3) is 12.2 Å². The van der Waals surface area contributed by atoms with Gasteiger partial charge in [0.2, 0.25) is 0 Å². The number of methoxy groups -OCH3 is 1. The number of benzene rings is 3. The summed E-state index contributed by atoms with van der Waals surface area (Å²) in [4.78, 5) is 5.17. The lowest BCUT2D eigenvalue weighted by molar-refractivity contribution is 0.105. The lowest BCUT2D eigenvalue weighted by Gasteiger charge is -2.39. The molecule has 0 unspecified atom stereocenters. The monoisotopic (exact) mass is 523 g/mol. The first-order chi connectivity index (χ1) is 19.3. The van der Waals surface area contributed by atoms with E-state index in [0.717, 1.165) is 56.2 Å². The maximum atomic E-state index is 6.18. The summed E-state index contributed by atoms with van der Waals surface area (Å²) in [6, 6.07) is 32.0. The minimum Gasteiger partial charge on any atom is -0.493 e. The van der Waals surface area contributed by atoms with E-state index in [1.165, 1.54) is 11.1 Å². The molecule has 1 fully saturated rings. The van der Waals surface area contributed by atoms with Gasteiger partial charge in [0.1, 0.15) is 11.4 Å². The molecule has 2 heterocycles. The quantitative estimate of drug-likeness (QED) is 0.207. The van der Waals surface area contributed by atoms with Crippen molar-refractivity contribution >= 4 is 12.2 Å². The SMILES string of the molecule is COCc1cc(/C=C/c2ccccc2OCCCN2CCN(C(c3ccccc3)c3ccccc3)CC2)on1. The van der Waals surface area contributed by atoms with E-state index in [1.807, 2.05) is 42.5 Å². The highest BCUT2D eigenvalue weighted by Crippen LogP contribution is 2.29. The molecule has 0 spiro atoms. The van der Waals surface area contributed by atoms with Crippen molar-refractivity contribution in [3.63, 3.8) is 0 Å². The van der Waals surface area contributed by atoms with Gasteiger partial charge in [0.25, 0.3) is 0 Å². The standard InChI is InChI=1S/C33H37N3O3/c1-37-26-30-25-31(39-34-30)18-17-27-11-8-9-16-32(27)38-24-10-19-35-20-22-36(23-21-35)33(28-12-4-2-5-13-28)29-14-6-3-7-15-29/h2-9,11-18,25,33H,10,19-24,26H2,1H3/b18-17+. The molecule has 4 aromatic rings. The number of para-hydroxylation sites is 1. The molecule has 1 aromatic heterocycles. The summed E-state index contributed by atoms with van der Waals surface area (Å²) < 4.78 is 16.6. The first kappa shape index (κ1) is 26.9. The zero-order chi connectivity index (χ0) is 26.7. The van der Waals surface area contributed by atoms with Gasteiger partial charge in [-0.1, -0.05) is 84.0 Å². The summed E-state index contributed by atoms with van der Waals surface area (Å²) in [5, 5.41) is 4.00. The van der Waals surface area contributed by atoms with Crippen LogP contribution in [0, 0.1) is 0 Å². The maximum Gasteiger partial charge on any atom is 0.160 e. The fourth-order valence-corrected chi connectivity index (χ4v) is 5.14. The molecule has 0 atom stereocenters. The third-order valence-corrected chi connectivity index (χ3v) is 7.09. The number of nitrogens with zero attached hydrogens (tertiary/aromatic N) is 3. The molecular weight excluding hydrogens is 486 g/mol. The van der Waals surface area contributed by atoms with Gasteiger partial charge in [-0.2, -0.15) is 0 Å². The van der Waals surface area contributed by atoms with Crippen molar-refractivity contribution in [2.75, 3.05) is 46.4 Å². The summed E-state index contributed by atoms with van der Waals surface area (Å²) in [5.41, 5.74) is 4.51. The van der Waals surface area contributed by atoms with Crippen molar-refractivity contribution in [1.29, 1.82) is 0 Å². The zero-order valence-corrected chi connectivity index (χ0v) is 22.6. The highest BCUT2D eigenvalue weighted by atomic mass is 16.5. The first-order valence-electron chi connectivity index (χ1n) is 13.7. The van der Waals surface area contributed by atoms with Crippen molar-refractivity contribution in [2.24, 2.45) is 0 Å². The minimum absolute atomic E-state index is 0.297. The number of hydrogen-bond donors (Lipinski definition) is 0. The van der Waals surface area contributed by atoms with Crippen LogP contribution in [0.5, 0.6) is 5.75 Å². The van der Waals surface area contributed by atoms with E-state index in [1.54, 1.807) is 7.11 Å². The summed E-state index contributed by atoms with van der Waals surface area (Å²) in [5.74, 6) is 1.57. The predicted octanol–water partition coefficient (Wildman–Crippen LogP) is 6.17. The Morgan fingerprint density at radius 3 is 2.21 bits per heavy atom. The van der Waals surface area contributed by atoms with Crippen molar-refractivity contribution in [3.05, 3.63) is 119 Å². The van der Waals surface area contributed by atoms with Crippen molar-refractivity contribution in [2.45, 2.75) is 19.1 Å². The van der Waals surface area contributed by atoms with Crippen molar-refractivity contribution < 1.29 is 14.0 Å². The van der Waals surface area contributed by atoms with Crippen molar-refractivity contribution in [1.82, 2.24) is 15.0 Å². The Hall–Kier alpha value is -3.71. The molecule has 0 radical (unpaired) electrons. The maximum absolute atomic E-state index is 6.18. The summed E-state index contributed by atoms with van der Waals surface area (Å²) in [6.07, 6.45) is 4.90. The Balaban J connectivity index is 1.10. The van der Waals surface area contributed by atoms with Crippen LogP contribution < -0.4 is 4.74 Å². The number of rotatable bonds is 12. The smallest absolute Gasteiger partial charge is 0.160 e. The van der Waals surface area contributed by atoms with Crippen LogP contribution in [-0.2, 0) is 11.3 Å². The molecule has 1 aliphatic heterocycles. The van der Waals surface area contributed by atoms with Crippen LogP contribution in [0.2, 0.25) is 0 Å². The van der Waals surface area contributed by atoms with Crippen molar-refractivity contribution in [3.8, 4) is 5.75 Å². The van der Waals surface area contributed by atoms with Crippen LogP contribution in [0.1, 0.15) is 40.6 Å². The van der Waals surface area contributed by atoms with Crippen LogP contribution in [0.15, 0.2) is 95.5 Å². The highest BCUT2D eigenvalue weighted by Gasteiger charge is 2.26. The fourth-order valence-electron chi connectivity index (χ4n) is 5.14. The molecule has 0 saturated carbocycles. The molecule has 1 saturated heterocycles. The molecule has 6 nitrogen and oxygen atoms in total. The molecule has 0 bridgehead atoms. The molecule has 0 aliphatic carbocycles.